The average Bonchev–Trinajstić information content (AvgIpc) is 3.25. The smallest absolute Gasteiger partial charge is 0.268 e. The summed E-state index contributed by atoms with van der Waals surface area (Å²) in [5.41, 5.74) is 3.01. The molecule has 0 fully saturated rings. The standard InChI is InChI=1S/C24H22N4O2/c1-17(29)22-16-21(27-28(22)20-10-6-3-7-11-20)24(30)26-23(18-8-4-2-5-9-18)19-12-14-25-15-13-19/h2-15,22-23H,16H2,1H3,(H,26,30). The van der Waals surface area contributed by atoms with Crippen molar-refractivity contribution in [1.29, 1.82) is 0 Å². The van der Waals surface area contributed by atoms with Gasteiger partial charge in [0.05, 0.1) is 11.7 Å². The van der Waals surface area contributed by atoms with Gasteiger partial charge in [-0.15, -0.1) is 0 Å². The summed E-state index contributed by atoms with van der Waals surface area (Å²) in [6, 6.07) is 22.1. The maximum atomic E-state index is 13.2. The second kappa shape index (κ2) is 8.69. The van der Waals surface area contributed by atoms with Crippen LogP contribution in [0.15, 0.2) is 90.3 Å². The van der Waals surface area contributed by atoms with Crippen LogP contribution in [-0.2, 0) is 9.59 Å². The summed E-state index contributed by atoms with van der Waals surface area (Å²) in [4.78, 5) is 29.4. The highest BCUT2D eigenvalue weighted by molar-refractivity contribution is 6.40. The number of carbonyl (C=O) groups excluding carboxylic acids is 2. The number of carbonyl (C=O) groups is 2. The van der Waals surface area contributed by atoms with Gasteiger partial charge in [0.1, 0.15) is 11.8 Å². The number of para-hydroxylation sites is 1. The van der Waals surface area contributed by atoms with Crippen molar-refractivity contribution in [3.05, 3.63) is 96.3 Å². The number of amides is 1. The predicted octanol–water partition coefficient (Wildman–Crippen LogP) is 3.51. The third-order valence-electron chi connectivity index (χ3n) is 5.11. The molecule has 0 saturated heterocycles. The van der Waals surface area contributed by atoms with E-state index in [4.69, 9.17) is 0 Å². The van der Waals surface area contributed by atoms with E-state index in [1.165, 1.54) is 6.92 Å². The Morgan fingerprint density at radius 2 is 1.53 bits per heavy atom. The lowest BCUT2D eigenvalue weighted by molar-refractivity contribution is -0.118. The van der Waals surface area contributed by atoms with Crippen LogP contribution >= 0.6 is 0 Å². The molecule has 150 valence electrons. The summed E-state index contributed by atoms with van der Waals surface area (Å²) in [6.07, 6.45) is 3.68. The van der Waals surface area contributed by atoms with E-state index in [1.54, 1.807) is 17.4 Å². The molecule has 0 radical (unpaired) electrons. The number of Topliss-reactive ketones (excluding diaryl/α,β-unsaturated/α-hetero) is 1. The van der Waals surface area contributed by atoms with Crippen molar-refractivity contribution in [3.63, 3.8) is 0 Å². The minimum Gasteiger partial charge on any atom is -0.340 e. The molecule has 6 nitrogen and oxygen atoms in total. The Kier molecular flexibility index (Phi) is 5.66. The Morgan fingerprint density at radius 3 is 2.17 bits per heavy atom. The number of anilines is 1. The van der Waals surface area contributed by atoms with Gasteiger partial charge in [-0.25, -0.2) is 0 Å². The fraction of sp³-hybridized carbons (Fsp3) is 0.167. The minimum atomic E-state index is -0.482. The third kappa shape index (κ3) is 4.12. The molecule has 30 heavy (non-hydrogen) atoms. The molecule has 0 bridgehead atoms. The summed E-state index contributed by atoms with van der Waals surface area (Å²) in [5, 5.41) is 9.23. The van der Waals surface area contributed by atoms with E-state index in [0.29, 0.717) is 5.71 Å². The highest BCUT2D eigenvalue weighted by Gasteiger charge is 2.34. The number of hydrogen-bond acceptors (Lipinski definition) is 5. The number of benzene rings is 2. The summed E-state index contributed by atoms with van der Waals surface area (Å²) < 4.78 is 0. The lowest BCUT2D eigenvalue weighted by atomic mass is 9.99. The van der Waals surface area contributed by atoms with E-state index in [1.807, 2.05) is 72.8 Å². The van der Waals surface area contributed by atoms with Crippen LogP contribution in [0.2, 0.25) is 0 Å². The van der Waals surface area contributed by atoms with Crippen molar-refractivity contribution < 1.29 is 9.59 Å². The Hall–Kier alpha value is -3.80. The molecular formula is C24H22N4O2. The van der Waals surface area contributed by atoms with E-state index in [0.717, 1.165) is 16.8 Å². The summed E-state index contributed by atoms with van der Waals surface area (Å²) >= 11 is 0. The normalized spacial score (nSPS) is 16.6. The first kappa shape index (κ1) is 19.5. The molecule has 0 saturated carbocycles. The van der Waals surface area contributed by atoms with E-state index in [2.05, 4.69) is 15.4 Å². The second-order valence-electron chi connectivity index (χ2n) is 7.16. The van der Waals surface area contributed by atoms with Gasteiger partial charge in [-0.3, -0.25) is 19.6 Å². The number of aromatic nitrogens is 1. The summed E-state index contributed by atoms with van der Waals surface area (Å²) in [5.74, 6) is -0.315. The molecule has 6 heteroatoms. The molecule has 2 unspecified atom stereocenters. The number of hydrazone groups is 1. The molecule has 1 N–H and O–H groups in total. The van der Waals surface area contributed by atoms with Gasteiger partial charge >= 0.3 is 0 Å². The first-order chi connectivity index (χ1) is 14.6. The van der Waals surface area contributed by atoms with Crippen molar-refractivity contribution in [1.82, 2.24) is 10.3 Å². The van der Waals surface area contributed by atoms with Crippen LogP contribution in [-0.4, -0.2) is 28.4 Å². The maximum absolute atomic E-state index is 13.2. The van der Waals surface area contributed by atoms with E-state index >= 15 is 0 Å². The molecule has 2 atom stereocenters. The molecule has 0 spiro atoms. The van der Waals surface area contributed by atoms with E-state index < -0.39 is 6.04 Å². The van der Waals surface area contributed by atoms with Gasteiger partial charge in [-0.2, -0.15) is 5.10 Å². The average molecular weight is 398 g/mol. The topological polar surface area (TPSA) is 74.7 Å². The Balaban J connectivity index is 1.62. The van der Waals surface area contributed by atoms with Crippen LogP contribution in [0.3, 0.4) is 0 Å². The molecule has 0 aliphatic carbocycles. The summed E-state index contributed by atoms with van der Waals surface area (Å²) in [6.45, 7) is 1.53. The quantitative estimate of drug-likeness (QED) is 0.690. The Bertz CT molecular complexity index is 1010. The lowest BCUT2D eigenvalue weighted by Crippen LogP contribution is -2.36. The van der Waals surface area contributed by atoms with Gasteiger partial charge in [0, 0.05) is 18.8 Å². The molecular weight excluding hydrogens is 376 g/mol. The fourth-order valence-electron chi connectivity index (χ4n) is 3.56. The van der Waals surface area contributed by atoms with Crippen LogP contribution in [0.25, 0.3) is 0 Å². The molecule has 4 rings (SSSR count). The van der Waals surface area contributed by atoms with Gasteiger partial charge in [0.15, 0.2) is 5.78 Å². The van der Waals surface area contributed by atoms with Crippen LogP contribution < -0.4 is 10.3 Å². The van der Waals surface area contributed by atoms with Crippen LogP contribution in [0, 0.1) is 0 Å². The van der Waals surface area contributed by atoms with Crippen molar-refractivity contribution in [2.45, 2.75) is 25.4 Å². The van der Waals surface area contributed by atoms with E-state index in [9.17, 15) is 9.59 Å². The zero-order valence-electron chi connectivity index (χ0n) is 16.6. The Morgan fingerprint density at radius 1 is 0.933 bits per heavy atom. The SMILES string of the molecule is CC(=O)C1CC(C(=O)NC(c2ccccc2)c2ccncc2)=NN1c1ccccc1. The molecule has 2 heterocycles. The molecule has 1 aliphatic rings. The van der Waals surface area contributed by atoms with Gasteiger partial charge in [-0.05, 0) is 42.3 Å². The maximum Gasteiger partial charge on any atom is 0.268 e. The molecule has 2 aromatic carbocycles. The lowest BCUT2D eigenvalue weighted by Gasteiger charge is -2.20. The van der Waals surface area contributed by atoms with Crippen molar-refractivity contribution in [3.8, 4) is 0 Å². The monoisotopic (exact) mass is 398 g/mol. The number of ketones is 1. The van der Waals surface area contributed by atoms with Crippen LogP contribution in [0.5, 0.6) is 0 Å². The van der Waals surface area contributed by atoms with Crippen molar-refractivity contribution >= 4 is 23.1 Å². The first-order valence-corrected chi connectivity index (χ1v) is 9.81. The number of nitrogens with one attached hydrogen (secondary N) is 1. The fourth-order valence-corrected chi connectivity index (χ4v) is 3.56. The largest absolute Gasteiger partial charge is 0.340 e. The van der Waals surface area contributed by atoms with Gasteiger partial charge < -0.3 is 5.32 Å². The van der Waals surface area contributed by atoms with Gasteiger partial charge in [0.2, 0.25) is 0 Å². The predicted molar refractivity (Wildman–Crippen MR) is 116 cm³/mol. The molecule has 1 amide bonds. The van der Waals surface area contributed by atoms with Gasteiger partial charge in [-0.1, -0.05) is 48.5 Å². The highest BCUT2D eigenvalue weighted by atomic mass is 16.2. The molecule has 1 aliphatic heterocycles. The zero-order valence-corrected chi connectivity index (χ0v) is 16.6. The second-order valence-corrected chi connectivity index (χ2v) is 7.16. The minimum absolute atomic E-state index is 0.0286. The first-order valence-electron chi connectivity index (χ1n) is 9.81. The van der Waals surface area contributed by atoms with Gasteiger partial charge in [0.25, 0.3) is 5.91 Å². The van der Waals surface area contributed by atoms with Crippen molar-refractivity contribution in [2.75, 3.05) is 5.01 Å². The number of pyridine rings is 1. The molecule has 3 aromatic rings. The molecule has 1 aromatic heterocycles. The van der Waals surface area contributed by atoms with E-state index in [-0.39, 0.29) is 24.2 Å². The number of rotatable bonds is 6. The third-order valence-corrected chi connectivity index (χ3v) is 5.11. The highest BCUT2D eigenvalue weighted by Crippen LogP contribution is 2.26. The number of nitrogens with zero attached hydrogens (tertiary/aromatic N) is 3. The van der Waals surface area contributed by atoms with Crippen molar-refractivity contribution in [2.24, 2.45) is 5.10 Å². The Labute approximate surface area is 175 Å². The number of hydrogen-bond donors (Lipinski definition) is 1. The summed E-state index contributed by atoms with van der Waals surface area (Å²) in [7, 11) is 0. The zero-order chi connectivity index (χ0) is 20.9. The van der Waals surface area contributed by atoms with Crippen LogP contribution in [0.1, 0.15) is 30.5 Å². The van der Waals surface area contributed by atoms with Crippen LogP contribution in [0.4, 0.5) is 5.69 Å².